The highest BCUT2D eigenvalue weighted by molar-refractivity contribution is 9.10. The van der Waals surface area contributed by atoms with Crippen LogP contribution >= 0.6 is 27.5 Å². The van der Waals surface area contributed by atoms with Crippen LogP contribution in [0.5, 0.6) is 0 Å². The zero-order valence-electron chi connectivity index (χ0n) is 11.9. The van der Waals surface area contributed by atoms with Crippen LogP contribution in [-0.2, 0) is 0 Å². The summed E-state index contributed by atoms with van der Waals surface area (Å²) in [6.45, 7) is 2.01. The van der Waals surface area contributed by atoms with Gasteiger partial charge in [-0.1, -0.05) is 19.3 Å². The standard InChI is InChI=1S/C14H22BrClN4/c1-20(11-6-3-2-4-7-11)9-5-8-17-13-12(15)10-18-14(16)19-13/h10-11H,2-9H2,1H3,(H,17,18,19). The van der Waals surface area contributed by atoms with E-state index in [0.29, 0.717) is 0 Å². The number of aromatic nitrogens is 2. The topological polar surface area (TPSA) is 41.0 Å². The summed E-state index contributed by atoms with van der Waals surface area (Å²) in [7, 11) is 2.24. The number of hydrogen-bond acceptors (Lipinski definition) is 4. The lowest BCUT2D eigenvalue weighted by Gasteiger charge is -2.31. The first-order valence-corrected chi connectivity index (χ1v) is 8.46. The van der Waals surface area contributed by atoms with Crippen molar-refractivity contribution in [1.82, 2.24) is 14.9 Å². The van der Waals surface area contributed by atoms with Crippen LogP contribution in [0.25, 0.3) is 0 Å². The zero-order chi connectivity index (χ0) is 14.4. The second-order valence-electron chi connectivity index (χ2n) is 5.39. The van der Waals surface area contributed by atoms with Gasteiger partial charge in [-0.15, -0.1) is 0 Å². The van der Waals surface area contributed by atoms with Crippen LogP contribution in [0, 0.1) is 0 Å². The average Bonchev–Trinajstić information content (AvgIpc) is 2.47. The van der Waals surface area contributed by atoms with E-state index in [2.05, 4.69) is 43.2 Å². The number of nitrogens with one attached hydrogen (secondary N) is 1. The number of hydrogen-bond donors (Lipinski definition) is 1. The molecule has 1 aliphatic carbocycles. The molecule has 0 atom stereocenters. The molecule has 0 amide bonds. The number of rotatable bonds is 6. The Morgan fingerprint density at radius 2 is 2.15 bits per heavy atom. The third-order valence-corrected chi connectivity index (χ3v) is 4.66. The van der Waals surface area contributed by atoms with Crippen LogP contribution in [0.3, 0.4) is 0 Å². The Balaban J connectivity index is 1.69. The van der Waals surface area contributed by atoms with Crippen LogP contribution in [-0.4, -0.2) is 41.0 Å². The van der Waals surface area contributed by atoms with Gasteiger partial charge < -0.3 is 10.2 Å². The van der Waals surface area contributed by atoms with Crippen molar-refractivity contribution >= 4 is 33.3 Å². The molecule has 1 aliphatic rings. The summed E-state index contributed by atoms with van der Waals surface area (Å²) < 4.78 is 0.850. The molecule has 1 fully saturated rings. The molecule has 112 valence electrons. The molecule has 0 bridgehead atoms. The van der Waals surface area contributed by atoms with Gasteiger partial charge in [0, 0.05) is 18.8 Å². The molecule has 1 aromatic rings. The summed E-state index contributed by atoms with van der Waals surface area (Å²) in [5.74, 6) is 0.769. The van der Waals surface area contributed by atoms with Gasteiger partial charge >= 0.3 is 0 Å². The van der Waals surface area contributed by atoms with E-state index in [1.165, 1.54) is 32.1 Å². The second-order valence-corrected chi connectivity index (χ2v) is 6.58. The van der Waals surface area contributed by atoms with Crippen molar-refractivity contribution in [3.8, 4) is 0 Å². The Bertz CT molecular complexity index is 424. The predicted molar refractivity (Wildman–Crippen MR) is 87.4 cm³/mol. The molecule has 0 aliphatic heterocycles. The van der Waals surface area contributed by atoms with E-state index in [1.807, 2.05) is 0 Å². The fourth-order valence-corrected chi connectivity index (χ4v) is 3.17. The minimum atomic E-state index is 0.273. The molecule has 1 heterocycles. The van der Waals surface area contributed by atoms with Crippen molar-refractivity contribution in [2.45, 2.75) is 44.6 Å². The van der Waals surface area contributed by atoms with Crippen molar-refractivity contribution in [1.29, 1.82) is 0 Å². The molecule has 4 nitrogen and oxygen atoms in total. The summed E-state index contributed by atoms with van der Waals surface area (Å²) in [5.41, 5.74) is 0. The summed E-state index contributed by atoms with van der Waals surface area (Å²) in [5, 5.41) is 3.58. The van der Waals surface area contributed by atoms with Gasteiger partial charge in [-0.2, -0.15) is 4.98 Å². The molecule has 0 saturated heterocycles. The lowest BCUT2D eigenvalue weighted by Crippen LogP contribution is -2.34. The van der Waals surface area contributed by atoms with Crippen LogP contribution in [0.4, 0.5) is 5.82 Å². The number of halogens is 2. The first kappa shape index (κ1) is 16.0. The predicted octanol–water partition coefficient (Wildman–Crippen LogP) is 3.96. The van der Waals surface area contributed by atoms with E-state index in [9.17, 15) is 0 Å². The average molecular weight is 362 g/mol. The van der Waals surface area contributed by atoms with Crippen molar-refractivity contribution in [3.63, 3.8) is 0 Å². The summed E-state index contributed by atoms with van der Waals surface area (Å²) >= 11 is 9.21. The Kier molecular flexibility index (Phi) is 6.52. The largest absolute Gasteiger partial charge is 0.369 e. The van der Waals surface area contributed by atoms with E-state index in [0.717, 1.165) is 35.8 Å². The molecule has 1 aromatic heterocycles. The third-order valence-electron chi connectivity index (χ3n) is 3.89. The Morgan fingerprint density at radius 3 is 2.90 bits per heavy atom. The van der Waals surface area contributed by atoms with Crippen LogP contribution in [0.15, 0.2) is 10.7 Å². The lowest BCUT2D eigenvalue weighted by atomic mass is 9.94. The van der Waals surface area contributed by atoms with Gasteiger partial charge in [0.2, 0.25) is 5.28 Å². The van der Waals surface area contributed by atoms with E-state index in [4.69, 9.17) is 11.6 Å². The van der Waals surface area contributed by atoms with Crippen LogP contribution in [0.2, 0.25) is 5.28 Å². The number of anilines is 1. The van der Waals surface area contributed by atoms with Crippen LogP contribution < -0.4 is 5.32 Å². The fraction of sp³-hybridized carbons (Fsp3) is 0.714. The van der Waals surface area contributed by atoms with Gasteiger partial charge in [0.25, 0.3) is 0 Å². The van der Waals surface area contributed by atoms with Gasteiger partial charge in [-0.05, 0) is 60.4 Å². The fourth-order valence-electron chi connectivity index (χ4n) is 2.71. The molecule has 6 heteroatoms. The van der Waals surface area contributed by atoms with Gasteiger partial charge in [0.1, 0.15) is 5.82 Å². The zero-order valence-corrected chi connectivity index (χ0v) is 14.3. The van der Waals surface area contributed by atoms with Crippen molar-refractivity contribution < 1.29 is 0 Å². The highest BCUT2D eigenvalue weighted by Crippen LogP contribution is 2.22. The number of nitrogens with zero attached hydrogens (tertiary/aromatic N) is 3. The molecule has 0 spiro atoms. The molecular formula is C14H22BrClN4. The van der Waals surface area contributed by atoms with E-state index < -0.39 is 0 Å². The summed E-state index contributed by atoms with van der Waals surface area (Å²) in [6, 6.07) is 0.781. The Morgan fingerprint density at radius 1 is 1.40 bits per heavy atom. The van der Waals surface area contributed by atoms with E-state index in [-0.39, 0.29) is 5.28 Å². The third kappa shape index (κ3) is 4.86. The van der Waals surface area contributed by atoms with E-state index in [1.54, 1.807) is 6.20 Å². The van der Waals surface area contributed by atoms with E-state index >= 15 is 0 Å². The molecule has 1 N–H and O–H groups in total. The molecule has 20 heavy (non-hydrogen) atoms. The summed E-state index contributed by atoms with van der Waals surface area (Å²) in [6.07, 6.45) is 9.68. The quantitative estimate of drug-likeness (QED) is 0.615. The van der Waals surface area contributed by atoms with Gasteiger partial charge in [-0.3, -0.25) is 0 Å². The molecule has 1 saturated carbocycles. The first-order valence-electron chi connectivity index (χ1n) is 7.29. The van der Waals surface area contributed by atoms with Gasteiger partial charge in [-0.25, -0.2) is 4.98 Å². The molecule has 0 unspecified atom stereocenters. The minimum Gasteiger partial charge on any atom is -0.369 e. The maximum Gasteiger partial charge on any atom is 0.224 e. The molecular weight excluding hydrogens is 340 g/mol. The SMILES string of the molecule is CN(CCCNc1nc(Cl)ncc1Br)C1CCCCC1. The molecule has 2 rings (SSSR count). The minimum absolute atomic E-state index is 0.273. The normalized spacial score (nSPS) is 16.6. The van der Waals surface area contributed by atoms with Gasteiger partial charge in [0.15, 0.2) is 0 Å². The highest BCUT2D eigenvalue weighted by atomic mass is 79.9. The molecule has 0 radical (unpaired) electrons. The Labute approximate surface area is 134 Å². The van der Waals surface area contributed by atoms with Crippen molar-refractivity contribution in [2.75, 3.05) is 25.5 Å². The highest BCUT2D eigenvalue weighted by Gasteiger charge is 2.17. The first-order chi connectivity index (χ1) is 9.66. The summed E-state index contributed by atoms with van der Waals surface area (Å²) in [4.78, 5) is 10.6. The maximum absolute atomic E-state index is 5.79. The van der Waals surface area contributed by atoms with Crippen molar-refractivity contribution in [2.24, 2.45) is 0 Å². The monoisotopic (exact) mass is 360 g/mol. The lowest BCUT2D eigenvalue weighted by molar-refractivity contribution is 0.191. The van der Waals surface area contributed by atoms with Crippen LogP contribution in [0.1, 0.15) is 38.5 Å². The maximum atomic E-state index is 5.79. The van der Waals surface area contributed by atoms with Crippen molar-refractivity contribution in [3.05, 3.63) is 16.0 Å². The van der Waals surface area contributed by atoms with Gasteiger partial charge in [0.05, 0.1) is 4.47 Å². The second kappa shape index (κ2) is 8.15. The Hall–Kier alpha value is -0.390. The molecule has 0 aromatic carbocycles. The smallest absolute Gasteiger partial charge is 0.224 e.